The molecule has 31 heavy (non-hydrogen) atoms. The Balaban J connectivity index is 1.91. The lowest BCUT2D eigenvalue weighted by atomic mass is 9.97. The molecule has 0 saturated carbocycles. The Kier molecular flexibility index (Phi) is 5.65. The lowest BCUT2D eigenvalue weighted by molar-refractivity contribution is -0.132. The van der Waals surface area contributed by atoms with Crippen molar-refractivity contribution in [1.82, 2.24) is 0 Å². The highest BCUT2D eigenvalue weighted by atomic mass is 32.1. The molecule has 0 bridgehead atoms. The van der Waals surface area contributed by atoms with E-state index in [2.05, 4.69) is 0 Å². The summed E-state index contributed by atoms with van der Waals surface area (Å²) in [6.45, 7) is 6.26. The van der Waals surface area contributed by atoms with Gasteiger partial charge in [-0.15, -0.1) is 11.3 Å². The van der Waals surface area contributed by atoms with Gasteiger partial charge in [0.05, 0.1) is 12.2 Å². The predicted molar refractivity (Wildman–Crippen MR) is 123 cm³/mol. The Morgan fingerprint density at radius 3 is 2.42 bits per heavy atom. The van der Waals surface area contributed by atoms with E-state index >= 15 is 0 Å². The predicted octanol–water partition coefficient (Wildman–Crippen LogP) is 5.39. The highest BCUT2D eigenvalue weighted by Gasteiger charge is 2.47. The average Bonchev–Trinajstić information content (AvgIpc) is 3.30. The molecular weight excluding hydrogens is 410 g/mol. The fourth-order valence-electron chi connectivity index (χ4n) is 3.87. The Labute approximate surface area is 185 Å². The average molecular weight is 434 g/mol. The molecule has 1 aromatic heterocycles. The first kappa shape index (κ1) is 20.9. The number of hydrogen-bond donors (Lipinski definition) is 1. The maximum Gasteiger partial charge on any atom is 0.300 e. The molecule has 1 amide bonds. The molecule has 0 radical (unpaired) electrons. The molecule has 1 aliphatic heterocycles. The number of anilines is 1. The third kappa shape index (κ3) is 3.64. The third-order valence-corrected chi connectivity index (χ3v) is 6.45. The maximum absolute atomic E-state index is 13.1. The molecule has 0 spiro atoms. The van der Waals surface area contributed by atoms with Gasteiger partial charge in [-0.25, -0.2) is 0 Å². The van der Waals surface area contributed by atoms with E-state index in [4.69, 9.17) is 4.74 Å². The quantitative estimate of drug-likeness (QED) is 0.333. The lowest BCUT2D eigenvalue weighted by Gasteiger charge is -2.25. The van der Waals surface area contributed by atoms with Crippen molar-refractivity contribution in [1.29, 1.82) is 0 Å². The van der Waals surface area contributed by atoms with E-state index in [1.807, 2.05) is 50.4 Å². The first-order valence-electron chi connectivity index (χ1n) is 10.1. The number of Topliss-reactive ketones (excluding diaryl/α,β-unsaturated/α-hetero) is 1. The first-order valence-corrected chi connectivity index (χ1v) is 11.0. The highest BCUT2D eigenvalue weighted by molar-refractivity contribution is 7.10. The number of aliphatic hydroxyl groups excluding tert-OH is 1. The topological polar surface area (TPSA) is 66.8 Å². The van der Waals surface area contributed by atoms with Crippen LogP contribution >= 0.6 is 11.3 Å². The minimum absolute atomic E-state index is 0.1000. The molecule has 6 heteroatoms. The van der Waals surface area contributed by atoms with Gasteiger partial charge in [0.2, 0.25) is 0 Å². The SMILES string of the molecule is CCOc1ccc(/C(O)=C2/C(=O)C(=O)N(c3ccccc3)C2c2sccc2C)cc1C. The fraction of sp³-hybridized carbons (Fsp3) is 0.200. The zero-order chi connectivity index (χ0) is 22.1. The number of amides is 1. The summed E-state index contributed by atoms with van der Waals surface area (Å²) in [5.41, 5.74) is 3.00. The van der Waals surface area contributed by atoms with E-state index in [1.165, 1.54) is 16.2 Å². The second-order valence-corrected chi connectivity index (χ2v) is 8.33. The zero-order valence-electron chi connectivity index (χ0n) is 17.6. The van der Waals surface area contributed by atoms with Gasteiger partial charge >= 0.3 is 0 Å². The molecule has 158 valence electrons. The van der Waals surface area contributed by atoms with Crippen LogP contribution in [0.15, 0.2) is 65.6 Å². The Morgan fingerprint density at radius 2 is 1.81 bits per heavy atom. The van der Waals surface area contributed by atoms with Crippen molar-refractivity contribution in [2.45, 2.75) is 26.8 Å². The number of carbonyl (C=O) groups is 2. The van der Waals surface area contributed by atoms with Crippen molar-refractivity contribution in [2.75, 3.05) is 11.5 Å². The Hall–Kier alpha value is -3.38. The minimum Gasteiger partial charge on any atom is -0.507 e. The van der Waals surface area contributed by atoms with Crippen molar-refractivity contribution in [3.05, 3.63) is 87.1 Å². The van der Waals surface area contributed by atoms with E-state index in [0.717, 1.165) is 21.8 Å². The summed E-state index contributed by atoms with van der Waals surface area (Å²) in [7, 11) is 0. The Morgan fingerprint density at radius 1 is 1.06 bits per heavy atom. The zero-order valence-corrected chi connectivity index (χ0v) is 18.4. The summed E-state index contributed by atoms with van der Waals surface area (Å²) in [6.07, 6.45) is 0. The lowest BCUT2D eigenvalue weighted by Crippen LogP contribution is -2.29. The monoisotopic (exact) mass is 433 g/mol. The van der Waals surface area contributed by atoms with Gasteiger partial charge in [0.15, 0.2) is 0 Å². The van der Waals surface area contributed by atoms with Gasteiger partial charge in [0, 0.05) is 16.1 Å². The molecule has 5 nitrogen and oxygen atoms in total. The van der Waals surface area contributed by atoms with Crippen LogP contribution < -0.4 is 9.64 Å². The molecule has 2 heterocycles. The van der Waals surface area contributed by atoms with Crippen LogP contribution in [0.2, 0.25) is 0 Å². The second kappa shape index (κ2) is 8.40. The third-order valence-electron chi connectivity index (χ3n) is 5.38. The summed E-state index contributed by atoms with van der Waals surface area (Å²) in [5.74, 6) is -0.797. The van der Waals surface area contributed by atoms with Gasteiger partial charge in [-0.1, -0.05) is 18.2 Å². The van der Waals surface area contributed by atoms with Crippen LogP contribution in [0.1, 0.15) is 34.5 Å². The van der Waals surface area contributed by atoms with Crippen LogP contribution in [0, 0.1) is 13.8 Å². The molecule has 1 fully saturated rings. The molecule has 2 aromatic carbocycles. The molecule has 1 aliphatic rings. The largest absolute Gasteiger partial charge is 0.507 e. The van der Waals surface area contributed by atoms with Crippen LogP contribution in [0.4, 0.5) is 5.69 Å². The van der Waals surface area contributed by atoms with E-state index in [0.29, 0.717) is 17.9 Å². The molecule has 0 aliphatic carbocycles. The number of hydrogen-bond acceptors (Lipinski definition) is 5. The van der Waals surface area contributed by atoms with Gasteiger partial charge < -0.3 is 9.84 Å². The Bertz CT molecular complexity index is 1180. The van der Waals surface area contributed by atoms with E-state index in [-0.39, 0.29) is 11.3 Å². The van der Waals surface area contributed by atoms with Gasteiger partial charge in [-0.05, 0) is 73.7 Å². The number of carbonyl (C=O) groups excluding carboxylic acids is 2. The molecule has 1 unspecified atom stereocenters. The molecule has 1 atom stereocenters. The van der Waals surface area contributed by atoms with Crippen LogP contribution in [-0.4, -0.2) is 23.4 Å². The number of nitrogens with zero attached hydrogens (tertiary/aromatic N) is 1. The van der Waals surface area contributed by atoms with Gasteiger partial charge in [-0.3, -0.25) is 14.5 Å². The molecule has 1 N–H and O–H groups in total. The van der Waals surface area contributed by atoms with Crippen LogP contribution in [0.3, 0.4) is 0 Å². The summed E-state index contributed by atoms with van der Waals surface area (Å²) in [6, 6.07) is 15.6. The van der Waals surface area contributed by atoms with Gasteiger partial charge in [0.1, 0.15) is 17.6 Å². The standard InChI is InChI=1S/C25H23NO4S/c1-4-30-19-11-10-17(14-16(19)3)22(27)20-21(24-15(2)12-13-31-24)26(25(29)23(20)28)18-8-6-5-7-9-18/h5-14,21,27H,4H2,1-3H3/b22-20-. The highest BCUT2D eigenvalue weighted by Crippen LogP contribution is 2.44. The smallest absolute Gasteiger partial charge is 0.300 e. The normalized spacial score (nSPS) is 17.9. The van der Waals surface area contributed by atoms with Crippen molar-refractivity contribution < 1.29 is 19.4 Å². The van der Waals surface area contributed by atoms with E-state index < -0.39 is 17.7 Å². The number of thiophene rings is 1. The number of ether oxygens (including phenoxy) is 1. The van der Waals surface area contributed by atoms with Crippen LogP contribution in [-0.2, 0) is 9.59 Å². The van der Waals surface area contributed by atoms with Crippen molar-refractivity contribution in [3.63, 3.8) is 0 Å². The summed E-state index contributed by atoms with van der Waals surface area (Å²) in [5, 5.41) is 13.1. The summed E-state index contributed by atoms with van der Waals surface area (Å²) >= 11 is 1.47. The van der Waals surface area contributed by atoms with E-state index in [9.17, 15) is 14.7 Å². The summed E-state index contributed by atoms with van der Waals surface area (Å²) < 4.78 is 5.58. The number of ketones is 1. The number of rotatable bonds is 5. The first-order chi connectivity index (χ1) is 14.9. The van der Waals surface area contributed by atoms with Crippen molar-refractivity contribution in [2.24, 2.45) is 0 Å². The number of para-hydroxylation sites is 1. The van der Waals surface area contributed by atoms with E-state index in [1.54, 1.807) is 30.3 Å². The molecule has 3 aromatic rings. The van der Waals surface area contributed by atoms with Crippen molar-refractivity contribution >= 4 is 34.5 Å². The second-order valence-electron chi connectivity index (χ2n) is 7.39. The number of benzene rings is 2. The molecule has 4 rings (SSSR count). The van der Waals surface area contributed by atoms with Crippen LogP contribution in [0.5, 0.6) is 5.75 Å². The van der Waals surface area contributed by atoms with Gasteiger partial charge in [0.25, 0.3) is 11.7 Å². The van der Waals surface area contributed by atoms with Crippen molar-refractivity contribution in [3.8, 4) is 5.75 Å². The minimum atomic E-state index is -0.689. The molecular formula is C25H23NO4S. The summed E-state index contributed by atoms with van der Waals surface area (Å²) in [4.78, 5) is 28.6. The maximum atomic E-state index is 13.1. The van der Waals surface area contributed by atoms with Gasteiger partial charge in [-0.2, -0.15) is 0 Å². The van der Waals surface area contributed by atoms with Crippen LogP contribution in [0.25, 0.3) is 5.76 Å². The number of aryl methyl sites for hydroxylation is 2. The molecule has 1 saturated heterocycles. The number of aliphatic hydroxyl groups is 1. The fourth-order valence-corrected chi connectivity index (χ4v) is 4.89.